The fraction of sp³-hybridized carbons (Fsp3) is 0.625. The molecule has 3 rings (SSSR count). The van der Waals surface area contributed by atoms with Gasteiger partial charge in [0.25, 0.3) is 0 Å². The highest BCUT2D eigenvalue weighted by Gasteiger charge is 2.32. The molecule has 5 nitrogen and oxygen atoms in total. The van der Waals surface area contributed by atoms with Crippen LogP contribution in [-0.4, -0.2) is 35.5 Å². The molecule has 0 bridgehead atoms. The minimum Gasteiger partial charge on any atom is -0.369 e. The van der Waals surface area contributed by atoms with Gasteiger partial charge in [-0.05, 0) is 24.3 Å². The molecule has 3 heterocycles. The van der Waals surface area contributed by atoms with Gasteiger partial charge in [0.2, 0.25) is 0 Å². The van der Waals surface area contributed by atoms with Crippen molar-refractivity contribution in [3.05, 3.63) is 17.3 Å². The van der Waals surface area contributed by atoms with Gasteiger partial charge in [-0.15, -0.1) is 11.3 Å². The molecule has 1 N–H and O–H groups in total. The van der Waals surface area contributed by atoms with Gasteiger partial charge >= 0.3 is 0 Å². The normalized spacial score (nSPS) is 18.7. The molecule has 1 atom stereocenters. The molecule has 2 aromatic heterocycles. The van der Waals surface area contributed by atoms with E-state index >= 15 is 0 Å². The van der Waals surface area contributed by atoms with E-state index in [1.54, 1.807) is 11.3 Å². The third kappa shape index (κ3) is 3.39. The van der Waals surface area contributed by atoms with Crippen molar-refractivity contribution in [1.29, 1.82) is 0 Å². The Kier molecular flexibility index (Phi) is 4.61. The van der Waals surface area contributed by atoms with Gasteiger partial charge in [-0.1, -0.05) is 13.8 Å². The molecule has 2 aromatic rings. The third-order valence-corrected chi connectivity index (χ3v) is 4.73. The van der Waals surface area contributed by atoms with E-state index in [0.29, 0.717) is 19.1 Å². The summed E-state index contributed by atoms with van der Waals surface area (Å²) in [6.07, 6.45) is 1.72. The molecule has 1 saturated heterocycles. The Labute approximate surface area is 135 Å². The Morgan fingerprint density at radius 1 is 1.36 bits per heavy atom. The topological polar surface area (TPSA) is 56.3 Å². The minimum absolute atomic E-state index is 0.428. The summed E-state index contributed by atoms with van der Waals surface area (Å²) in [5, 5.41) is 6.65. The van der Waals surface area contributed by atoms with E-state index in [4.69, 9.17) is 9.47 Å². The fourth-order valence-corrected chi connectivity index (χ4v) is 3.63. The first-order chi connectivity index (χ1) is 10.6. The second-order valence-corrected chi connectivity index (χ2v) is 6.90. The monoisotopic (exact) mass is 321 g/mol. The van der Waals surface area contributed by atoms with E-state index in [2.05, 4.69) is 40.6 Å². The molecule has 0 spiro atoms. The first kappa shape index (κ1) is 15.6. The van der Waals surface area contributed by atoms with E-state index in [1.165, 1.54) is 0 Å². The van der Waals surface area contributed by atoms with Crippen molar-refractivity contribution in [2.75, 3.05) is 25.1 Å². The number of nitrogens with zero attached hydrogens (tertiary/aromatic N) is 2. The van der Waals surface area contributed by atoms with Crippen LogP contribution in [0.25, 0.3) is 10.2 Å². The number of rotatable bonds is 6. The zero-order valence-corrected chi connectivity index (χ0v) is 14.2. The smallest absolute Gasteiger partial charge is 0.166 e. The first-order valence-corrected chi connectivity index (χ1v) is 8.73. The zero-order valence-electron chi connectivity index (χ0n) is 13.4. The van der Waals surface area contributed by atoms with Crippen molar-refractivity contribution in [3.8, 4) is 0 Å². The molecular formula is C16H23N3O2S. The minimum atomic E-state index is -0.431. The van der Waals surface area contributed by atoms with Gasteiger partial charge in [-0.3, -0.25) is 0 Å². The largest absolute Gasteiger partial charge is 0.369 e. The van der Waals surface area contributed by atoms with Crippen molar-refractivity contribution in [3.63, 3.8) is 0 Å². The van der Waals surface area contributed by atoms with Crippen LogP contribution in [0, 0.1) is 5.92 Å². The number of nitrogens with one attached hydrogen (secondary N) is 1. The summed E-state index contributed by atoms with van der Waals surface area (Å²) in [5.41, 5.74) is 0. The molecule has 0 aliphatic carbocycles. The summed E-state index contributed by atoms with van der Waals surface area (Å²) in [6, 6.07) is 2.08. The molecule has 0 aromatic carbocycles. The molecule has 1 fully saturated rings. The van der Waals surface area contributed by atoms with Gasteiger partial charge in [0.1, 0.15) is 16.5 Å². The van der Waals surface area contributed by atoms with E-state index < -0.39 is 5.79 Å². The lowest BCUT2D eigenvalue weighted by molar-refractivity contribution is -0.153. The quantitative estimate of drug-likeness (QED) is 0.883. The lowest BCUT2D eigenvalue weighted by Gasteiger charge is -2.26. The average molecular weight is 321 g/mol. The van der Waals surface area contributed by atoms with Crippen molar-refractivity contribution >= 4 is 27.4 Å². The lowest BCUT2D eigenvalue weighted by atomic mass is 10.0. The highest BCUT2D eigenvalue weighted by molar-refractivity contribution is 7.16. The number of hydrogen-bond donors (Lipinski definition) is 1. The van der Waals surface area contributed by atoms with Gasteiger partial charge in [-0.25, -0.2) is 9.97 Å². The van der Waals surface area contributed by atoms with Crippen LogP contribution >= 0.6 is 11.3 Å². The van der Waals surface area contributed by atoms with Crippen molar-refractivity contribution in [2.45, 2.75) is 39.4 Å². The Morgan fingerprint density at radius 3 is 2.86 bits per heavy atom. The lowest BCUT2D eigenvalue weighted by Crippen LogP contribution is -2.30. The maximum Gasteiger partial charge on any atom is 0.166 e. The van der Waals surface area contributed by atoms with Crippen LogP contribution in [0.3, 0.4) is 0 Å². The molecule has 1 unspecified atom stereocenters. The number of aromatic nitrogens is 2. The SMILES string of the molecule is CCc1nc(NCC(C)CC2(C)OCCO2)c2ccsc2n1. The van der Waals surface area contributed by atoms with Crippen molar-refractivity contribution < 1.29 is 9.47 Å². The van der Waals surface area contributed by atoms with Crippen LogP contribution in [0.2, 0.25) is 0 Å². The van der Waals surface area contributed by atoms with Gasteiger partial charge in [0.05, 0.1) is 18.6 Å². The highest BCUT2D eigenvalue weighted by Crippen LogP contribution is 2.28. The maximum atomic E-state index is 5.68. The summed E-state index contributed by atoms with van der Waals surface area (Å²) < 4.78 is 11.4. The van der Waals surface area contributed by atoms with Crippen LogP contribution < -0.4 is 5.32 Å². The Morgan fingerprint density at radius 2 is 2.14 bits per heavy atom. The molecule has 1 aliphatic heterocycles. The Balaban J connectivity index is 1.66. The summed E-state index contributed by atoms with van der Waals surface area (Å²) >= 11 is 1.66. The Bertz CT molecular complexity index is 637. The molecule has 1 aliphatic rings. The average Bonchev–Trinajstić information content (AvgIpc) is 3.13. The van der Waals surface area contributed by atoms with Crippen LogP contribution in [0.5, 0.6) is 0 Å². The number of anilines is 1. The molecule has 0 amide bonds. The van der Waals surface area contributed by atoms with E-state index in [0.717, 1.165) is 41.2 Å². The van der Waals surface area contributed by atoms with E-state index in [1.807, 2.05) is 6.92 Å². The second-order valence-electron chi connectivity index (χ2n) is 6.00. The van der Waals surface area contributed by atoms with Crippen molar-refractivity contribution in [2.24, 2.45) is 5.92 Å². The molecule has 6 heteroatoms. The molecule has 0 saturated carbocycles. The number of hydrogen-bond acceptors (Lipinski definition) is 6. The first-order valence-electron chi connectivity index (χ1n) is 7.85. The van der Waals surface area contributed by atoms with Gasteiger partial charge < -0.3 is 14.8 Å². The second kappa shape index (κ2) is 6.48. The standard InChI is InChI=1S/C16H23N3O2S/c1-4-13-18-14(12-5-8-22-15(12)19-13)17-10-11(2)9-16(3)20-6-7-21-16/h5,8,11H,4,6-7,9-10H2,1-3H3,(H,17,18,19). The maximum absolute atomic E-state index is 5.68. The Hall–Kier alpha value is -1.24. The summed E-state index contributed by atoms with van der Waals surface area (Å²) in [7, 11) is 0. The predicted octanol–water partition coefficient (Wildman–Crippen LogP) is 3.45. The summed E-state index contributed by atoms with van der Waals surface area (Å²) in [6.45, 7) is 8.53. The van der Waals surface area contributed by atoms with Gasteiger partial charge in [0.15, 0.2) is 5.79 Å². The highest BCUT2D eigenvalue weighted by atomic mass is 32.1. The van der Waals surface area contributed by atoms with Crippen molar-refractivity contribution in [1.82, 2.24) is 9.97 Å². The van der Waals surface area contributed by atoms with Crippen LogP contribution in [0.15, 0.2) is 11.4 Å². The van der Waals surface area contributed by atoms with Crippen LogP contribution in [-0.2, 0) is 15.9 Å². The van der Waals surface area contributed by atoms with Crippen LogP contribution in [0.4, 0.5) is 5.82 Å². The third-order valence-electron chi connectivity index (χ3n) is 3.92. The molecular weight excluding hydrogens is 298 g/mol. The van der Waals surface area contributed by atoms with Gasteiger partial charge in [0, 0.05) is 19.4 Å². The molecule has 120 valence electrons. The number of thiophene rings is 1. The predicted molar refractivity (Wildman–Crippen MR) is 89.4 cm³/mol. The molecule has 0 radical (unpaired) electrons. The van der Waals surface area contributed by atoms with Crippen LogP contribution in [0.1, 0.15) is 33.0 Å². The fourth-order valence-electron chi connectivity index (χ4n) is 2.84. The van der Waals surface area contributed by atoms with Gasteiger partial charge in [-0.2, -0.15) is 0 Å². The summed E-state index contributed by atoms with van der Waals surface area (Å²) in [5.74, 6) is 1.82. The summed E-state index contributed by atoms with van der Waals surface area (Å²) in [4.78, 5) is 10.2. The molecule has 22 heavy (non-hydrogen) atoms. The number of aryl methyl sites for hydroxylation is 1. The van der Waals surface area contributed by atoms with E-state index in [9.17, 15) is 0 Å². The number of fused-ring (bicyclic) bond motifs is 1. The van der Waals surface area contributed by atoms with E-state index in [-0.39, 0.29) is 0 Å². The number of ether oxygens (including phenoxy) is 2. The zero-order chi connectivity index (χ0) is 15.6.